The molecule has 2 bridgehead atoms. The first-order valence-corrected chi connectivity index (χ1v) is 16.4. The summed E-state index contributed by atoms with van der Waals surface area (Å²) in [5.74, 6) is 0.00680. The summed E-state index contributed by atoms with van der Waals surface area (Å²) in [5, 5.41) is 9.72. The van der Waals surface area contributed by atoms with Crippen molar-refractivity contribution in [3.05, 3.63) is 107 Å². The molecule has 5 nitrogen and oxygen atoms in total. The number of fused-ring (bicyclic) bond motifs is 2. The summed E-state index contributed by atoms with van der Waals surface area (Å²) < 4.78 is 5.99. The SMILES string of the molecule is O=C(O)c1ccc(N2CCC(=Cc3ccccc3-c3ccc(CN4C5CCCC4CC5)s3)CC2)cc1Oc1ccccc1. The lowest BCUT2D eigenvalue weighted by atomic mass is 9.97. The van der Waals surface area contributed by atoms with Crippen molar-refractivity contribution in [3.63, 3.8) is 0 Å². The molecule has 2 unspecified atom stereocenters. The van der Waals surface area contributed by atoms with E-state index in [1.165, 1.54) is 58.6 Å². The van der Waals surface area contributed by atoms with E-state index in [2.05, 4.69) is 52.3 Å². The van der Waals surface area contributed by atoms with E-state index >= 15 is 0 Å². The number of aromatic carboxylic acids is 1. The van der Waals surface area contributed by atoms with Crippen LogP contribution in [0.5, 0.6) is 11.5 Å². The highest BCUT2D eigenvalue weighted by atomic mass is 32.1. The van der Waals surface area contributed by atoms with Gasteiger partial charge in [0, 0.05) is 53.2 Å². The van der Waals surface area contributed by atoms with Gasteiger partial charge in [-0.15, -0.1) is 11.3 Å². The van der Waals surface area contributed by atoms with Crippen molar-refractivity contribution in [1.82, 2.24) is 4.90 Å². The molecule has 1 aromatic heterocycles. The molecule has 3 aliphatic heterocycles. The van der Waals surface area contributed by atoms with E-state index in [1.807, 2.05) is 53.8 Å². The smallest absolute Gasteiger partial charge is 0.339 e. The number of nitrogens with zero attached hydrogens (tertiary/aromatic N) is 2. The molecule has 43 heavy (non-hydrogen) atoms. The summed E-state index contributed by atoms with van der Waals surface area (Å²) >= 11 is 1.96. The Kier molecular flexibility index (Phi) is 8.05. The Morgan fingerprint density at radius 2 is 1.63 bits per heavy atom. The molecule has 0 amide bonds. The van der Waals surface area contributed by atoms with Gasteiger partial charge in [-0.25, -0.2) is 4.79 Å². The number of anilines is 1. The molecule has 2 atom stereocenters. The average molecular weight is 591 g/mol. The van der Waals surface area contributed by atoms with Gasteiger partial charge in [0.15, 0.2) is 0 Å². The number of ether oxygens (including phenoxy) is 1. The monoisotopic (exact) mass is 590 g/mol. The summed E-state index contributed by atoms with van der Waals surface area (Å²) in [4.78, 5) is 19.8. The van der Waals surface area contributed by atoms with Crippen molar-refractivity contribution in [3.8, 4) is 21.9 Å². The first-order chi connectivity index (χ1) is 21.1. The van der Waals surface area contributed by atoms with Crippen LogP contribution in [-0.2, 0) is 6.54 Å². The predicted octanol–water partition coefficient (Wildman–Crippen LogP) is 9.11. The third-order valence-corrected chi connectivity index (χ3v) is 10.5. The van der Waals surface area contributed by atoms with Gasteiger partial charge in [-0.3, -0.25) is 4.90 Å². The fourth-order valence-electron chi connectivity index (χ4n) is 7.12. The number of piperidine rings is 2. The lowest BCUT2D eigenvalue weighted by Crippen LogP contribution is -2.38. The Hall–Kier alpha value is -3.87. The summed E-state index contributed by atoms with van der Waals surface area (Å²) in [7, 11) is 0. The van der Waals surface area contributed by atoms with Gasteiger partial charge in [-0.05, 0) is 86.1 Å². The highest BCUT2D eigenvalue weighted by Crippen LogP contribution is 2.39. The number of thiophene rings is 1. The van der Waals surface area contributed by atoms with Gasteiger partial charge in [-0.2, -0.15) is 0 Å². The summed E-state index contributed by atoms with van der Waals surface area (Å²) in [6.45, 7) is 2.86. The highest BCUT2D eigenvalue weighted by molar-refractivity contribution is 7.15. The Morgan fingerprint density at radius 1 is 0.884 bits per heavy atom. The predicted molar refractivity (Wildman–Crippen MR) is 175 cm³/mol. The Morgan fingerprint density at radius 3 is 2.40 bits per heavy atom. The number of hydrogen-bond donors (Lipinski definition) is 1. The van der Waals surface area contributed by atoms with E-state index in [0.717, 1.165) is 50.2 Å². The zero-order valence-corrected chi connectivity index (χ0v) is 25.3. The molecule has 3 fully saturated rings. The number of carbonyl (C=O) groups is 1. The standard InChI is InChI=1S/C37H38N2O3S/c40-37(41)34-17-15-30(24-35(34)42-31-10-2-1-3-11-31)38-21-19-26(20-22-38)23-27-7-4-5-12-33(27)36-18-16-32(43-36)25-39-28-8-6-9-29(39)14-13-28/h1-5,7,10-12,15-18,23-24,28-29H,6,8-9,13-14,19-22,25H2,(H,40,41). The largest absolute Gasteiger partial charge is 0.478 e. The highest BCUT2D eigenvalue weighted by Gasteiger charge is 2.36. The van der Waals surface area contributed by atoms with Crippen molar-refractivity contribution in [2.75, 3.05) is 18.0 Å². The third kappa shape index (κ3) is 6.13. The van der Waals surface area contributed by atoms with E-state index in [4.69, 9.17) is 4.74 Å². The molecule has 3 aliphatic rings. The van der Waals surface area contributed by atoms with Crippen LogP contribution in [0.15, 0.2) is 90.5 Å². The van der Waals surface area contributed by atoms with Crippen molar-refractivity contribution >= 4 is 29.1 Å². The molecule has 3 saturated heterocycles. The maximum Gasteiger partial charge on any atom is 0.339 e. The molecule has 0 saturated carbocycles. The van der Waals surface area contributed by atoms with Gasteiger partial charge in [0.2, 0.25) is 0 Å². The van der Waals surface area contributed by atoms with Crippen LogP contribution in [0.25, 0.3) is 16.5 Å². The van der Waals surface area contributed by atoms with E-state index < -0.39 is 5.97 Å². The van der Waals surface area contributed by atoms with Crippen LogP contribution in [-0.4, -0.2) is 41.1 Å². The first kappa shape index (κ1) is 27.9. The Bertz CT molecular complexity index is 1600. The van der Waals surface area contributed by atoms with Gasteiger partial charge in [-0.1, -0.05) is 60.5 Å². The van der Waals surface area contributed by atoms with Gasteiger partial charge < -0.3 is 14.7 Å². The second-order valence-electron chi connectivity index (χ2n) is 12.0. The molecule has 6 heteroatoms. The second-order valence-corrected chi connectivity index (χ2v) is 13.2. The third-order valence-electron chi connectivity index (χ3n) is 9.37. The summed E-state index contributed by atoms with van der Waals surface area (Å²) in [6, 6.07) is 29.8. The van der Waals surface area contributed by atoms with Crippen LogP contribution in [0.2, 0.25) is 0 Å². The molecular weight excluding hydrogens is 552 g/mol. The molecule has 0 spiro atoms. The maximum absolute atomic E-state index is 11.9. The molecular formula is C37H38N2O3S. The molecule has 1 N–H and O–H groups in total. The molecule has 3 aromatic carbocycles. The van der Waals surface area contributed by atoms with Gasteiger partial charge >= 0.3 is 5.97 Å². The molecule has 220 valence electrons. The molecule has 0 radical (unpaired) electrons. The molecule has 7 rings (SSSR count). The first-order valence-electron chi connectivity index (χ1n) is 15.6. The van der Waals surface area contributed by atoms with Crippen LogP contribution in [0.1, 0.15) is 65.7 Å². The molecule has 0 aliphatic carbocycles. The van der Waals surface area contributed by atoms with Gasteiger partial charge in [0.05, 0.1) is 0 Å². The minimum absolute atomic E-state index is 0.168. The lowest BCUT2D eigenvalue weighted by molar-refractivity contribution is 0.0694. The number of carboxylic acid groups (broad SMARTS) is 1. The van der Waals surface area contributed by atoms with Gasteiger partial charge in [0.25, 0.3) is 0 Å². The number of rotatable bonds is 8. The summed E-state index contributed by atoms with van der Waals surface area (Å²) in [6.07, 6.45) is 11.3. The summed E-state index contributed by atoms with van der Waals surface area (Å²) in [5.41, 5.74) is 5.22. The fraction of sp³-hybridized carbons (Fsp3) is 0.324. The molecule has 4 heterocycles. The van der Waals surface area contributed by atoms with Crippen molar-refractivity contribution in [2.24, 2.45) is 0 Å². The number of carboxylic acids is 1. The van der Waals surface area contributed by atoms with Crippen LogP contribution in [0.4, 0.5) is 5.69 Å². The van der Waals surface area contributed by atoms with E-state index in [9.17, 15) is 9.90 Å². The number of hydrogen-bond acceptors (Lipinski definition) is 5. The topological polar surface area (TPSA) is 53.0 Å². The lowest BCUT2D eigenvalue weighted by Gasteiger charge is -2.34. The molecule has 4 aromatic rings. The zero-order valence-electron chi connectivity index (χ0n) is 24.5. The number of benzene rings is 3. The van der Waals surface area contributed by atoms with Crippen LogP contribution in [0, 0.1) is 0 Å². The van der Waals surface area contributed by atoms with Crippen LogP contribution >= 0.6 is 11.3 Å². The average Bonchev–Trinajstić information content (AvgIpc) is 3.57. The quantitative estimate of drug-likeness (QED) is 0.222. The van der Waals surface area contributed by atoms with E-state index in [1.54, 1.807) is 6.07 Å². The minimum Gasteiger partial charge on any atom is -0.478 e. The van der Waals surface area contributed by atoms with Crippen molar-refractivity contribution < 1.29 is 14.6 Å². The van der Waals surface area contributed by atoms with Gasteiger partial charge in [0.1, 0.15) is 17.1 Å². The minimum atomic E-state index is -0.989. The van der Waals surface area contributed by atoms with E-state index in [-0.39, 0.29) is 5.56 Å². The normalized spacial score (nSPS) is 20.3. The second kappa shape index (κ2) is 12.4. The Labute approximate surface area is 258 Å². The number of para-hydroxylation sites is 1. The Balaban J connectivity index is 1.04. The van der Waals surface area contributed by atoms with Crippen molar-refractivity contribution in [1.29, 1.82) is 0 Å². The van der Waals surface area contributed by atoms with Crippen LogP contribution in [0.3, 0.4) is 0 Å². The van der Waals surface area contributed by atoms with E-state index in [0.29, 0.717) is 11.5 Å². The zero-order chi connectivity index (χ0) is 29.2. The fourth-order valence-corrected chi connectivity index (χ4v) is 8.18. The van der Waals surface area contributed by atoms with Crippen LogP contribution < -0.4 is 9.64 Å². The van der Waals surface area contributed by atoms with Crippen molar-refractivity contribution in [2.45, 2.75) is 63.6 Å². The maximum atomic E-state index is 11.9.